The number of halogens is 2. The number of aryl methyl sites for hydroxylation is 1. The Balaban J connectivity index is 0.00000210. The van der Waals surface area contributed by atoms with Crippen molar-refractivity contribution in [2.45, 2.75) is 0 Å². The molecule has 0 aliphatic rings. The van der Waals surface area contributed by atoms with Crippen molar-refractivity contribution in [2.75, 3.05) is 34.2 Å². The lowest BCUT2D eigenvalue weighted by Crippen LogP contribution is -1.98. The van der Waals surface area contributed by atoms with Gasteiger partial charge in [0, 0.05) is 18.2 Å². The van der Waals surface area contributed by atoms with Crippen LogP contribution in [0.3, 0.4) is 0 Å². The first-order valence-corrected chi connectivity index (χ1v) is 8.29. The molecule has 29 heavy (non-hydrogen) atoms. The Morgan fingerprint density at radius 1 is 0.793 bits per heavy atom. The molecule has 9 heteroatoms. The fourth-order valence-electron chi connectivity index (χ4n) is 3.08. The number of imidazole rings is 1. The summed E-state index contributed by atoms with van der Waals surface area (Å²) in [6, 6.07) is 9.42. The van der Waals surface area contributed by atoms with Gasteiger partial charge in [0.15, 0.2) is 11.5 Å². The van der Waals surface area contributed by atoms with Crippen LogP contribution in [0.1, 0.15) is 0 Å². The van der Waals surface area contributed by atoms with Crippen molar-refractivity contribution in [1.29, 1.82) is 0 Å². The zero-order valence-corrected chi connectivity index (χ0v) is 18.5. The summed E-state index contributed by atoms with van der Waals surface area (Å²) in [6.45, 7) is 0. The number of nitrogen functional groups attached to an aromatic ring is 1. The average molecular weight is 442 g/mol. The lowest BCUT2D eigenvalue weighted by atomic mass is 10.0. The first-order valence-electron chi connectivity index (χ1n) is 8.29. The smallest absolute Gasteiger partial charge is 0.203 e. The topological polar surface area (TPSA) is 80.8 Å². The van der Waals surface area contributed by atoms with Crippen LogP contribution < -0.4 is 24.7 Å². The Kier molecular flexibility index (Phi) is 8.48. The molecular weight excluding hydrogens is 417 g/mol. The molecule has 2 aromatic carbocycles. The predicted molar refractivity (Wildman–Crippen MR) is 119 cm³/mol. The summed E-state index contributed by atoms with van der Waals surface area (Å²) in [7, 11) is 8.28. The second-order valence-electron chi connectivity index (χ2n) is 5.92. The molecule has 0 saturated carbocycles. The Morgan fingerprint density at radius 3 is 1.86 bits per heavy atom. The van der Waals surface area contributed by atoms with E-state index in [4.69, 9.17) is 24.7 Å². The average Bonchev–Trinajstić information content (AvgIpc) is 3.08. The van der Waals surface area contributed by atoms with Gasteiger partial charge in [0.2, 0.25) is 5.75 Å². The van der Waals surface area contributed by atoms with Crippen molar-refractivity contribution >= 4 is 30.5 Å². The van der Waals surface area contributed by atoms with Crippen LogP contribution in [0, 0.1) is 0 Å². The normalized spacial score (nSPS) is 9.83. The third-order valence-corrected chi connectivity index (χ3v) is 4.38. The number of anilines is 1. The van der Waals surface area contributed by atoms with Gasteiger partial charge < -0.3 is 29.2 Å². The minimum absolute atomic E-state index is 0. The molecule has 0 amide bonds. The van der Waals surface area contributed by atoms with Crippen LogP contribution in [-0.2, 0) is 7.05 Å². The van der Waals surface area contributed by atoms with Gasteiger partial charge in [0.05, 0.1) is 51.8 Å². The van der Waals surface area contributed by atoms with E-state index in [-0.39, 0.29) is 24.8 Å². The highest BCUT2D eigenvalue weighted by Crippen LogP contribution is 2.43. The van der Waals surface area contributed by atoms with Crippen LogP contribution >= 0.6 is 24.8 Å². The molecule has 0 unspecified atom stereocenters. The van der Waals surface area contributed by atoms with Crippen LogP contribution in [0.15, 0.2) is 36.7 Å². The zero-order valence-electron chi connectivity index (χ0n) is 16.9. The number of methoxy groups -OCH3 is 4. The van der Waals surface area contributed by atoms with E-state index in [0.717, 1.165) is 22.5 Å². The van der Waals surface area contributed by atoms with Gasteiger partial charge in [-0.15, -0.1) is 24.8 Å². The molecule has 0 aliphatic heterocycles. The van der Waals surface area contributed by atoms with E-state index in [9.17, 15) is 0 Å². The monoisotopic (exact) mass is 441 g/mol. The summed E-state index contributed by atoms with van der Waals surface area (Å²) in [5, 5.41) is 0. The maximum atomic E-state index is 6.09. The van der Waals surface area contributed by atoms with Gasteiger partial charge in [-0.1, -0.05) is 0 Å². The fraction of sp³-hybridized carbons (Fsp3) is 0.250. The Labute approximate surface area is 182 Å². The van der Waals surface area contributed by atoms with E-state index in [2.05, 4.69) is 4.98 Å². The lowest BCUT2D eigenvalue weighted by Gasteiger charge is -2.15. The first-order chi connectivity index (χ1) is 13.0. The third-order valence-electron chi connectivity index (χ3n) is 4.38. The molecule has 0 atom stereocenters. The van der Waals surface area contributed by atoms with Crippen molar-refractivity contribution < 1.29 is 18.9 Å². The van der Waals surface area contributed by atoms with Crippen molar-refractivity contribution in [3.8, 4) is 45.5 Å². The van der Waals surface area contributed by atoms with Gasteiger partial charge in [-0.05, 0) is 30.3 Å². The molecule has 3 aromatic rings. The molecule has 0 saturated heterocycles. The minimum atomic E-state index is 0. The number of hydrogen-bond acceptors (Lipinski definition) is 6. The summed E-state index contributed by atoms with van der Waals surface area (Å²) in [5.41, 5.74) is 10.1. The second kappa shape index (κ2) is 10.1. The molecule has 0 fully saturated rings. The van der Waals surface area contributed by atoms with Crippen molar-refractivity contribution in [3.05, 3.63) is 36.7 Å². The SMILES string of the molecule is COc1ccc(-c2c(-c3cc(OC)c(OC)c(OC)c3)ncn2C)cc1N.Cl.Cl. The number of ether oxygens (including phenoxy) is 4. The first kappa shape index (κ1) is 24.3. The van der Waals surface area contributed by atoms with Crippen LogP contribution in [0.4, 0.5) is 5.69 Å². The highest BCUT2D eigenvalue weighted by atomic mass is 35.5. The molecule has 158 valence electrons. The molecule has 3 rings (SSSR count). The Hall–Kier alpha value is -2.77. The van der Waals surface area contributed by atoms with E-state index in [1.807, 2.05) is 41.9 Å². The second-order valence-corrected chi connectivity index (χ2v) is 5.92. The van der Waals surface area contributed by atoms with Gasteiger partial charge in [0.25, 0.3) is 0 Å². The zero-order chi connectivity index (χ0) is 19.6. The predicted octanol–water partition coefficient (Wildman–Crippen LogP) is 4.21. The maximum absolute atomic E-state index is 6.09. The summed E-state index contributed by atoms with van der Waals surface area (Å²) < 4.78 is 23.5. The molecule has 1 heterocycles. The van der Waals surface area contributed by atoms with Gasteiger partial charge >= 0.3 is 0 Å². The Bertz CT molecular complexity index is 951. The molecule has 0 bridgehead atoms. The largest absolute Gasteiger partial charge is 0.495 e. The Morgan fingerprint density at radius 2 is 1.38 bits per heavy atom. The quantitative estimate of drug-likeness (QED) is 0.576. The van der Waals surface area contributed by atoms with E-state index in [0.29, 0.717) is 28.7 Å². The summed E-state index contributed by atoms with van der Waals surface area (Å²) in [5.74, 6) is 2.31. The number of aromatic nitrogens is 2. The van der Waals surface area contributed by atoms with Crippen molar-refractivity contribution in [1.82, 2.24) is 9.55 Å². The molecule has 0 aliphatic carbocycles. The van der Waals surface area contributed by atoms with Gasteiger partial charge in [-0.3, -0.25) is 0 Å². The van der Waals surface area contributed by atoms with Crippen LogP contribution in [0.2, 0.25) is 0 Å². The maximum Gasteiger partial charge on any atom is 0.203 e. The van der Waals surface area contributed by atoms with Gasteiger partial charge in [-0.25, -0.2) is 4.98 Å². The standard InChI is InChI=1S/C20H23N3O4.2ClH/c1-23-11-22-18(19(23)12-6-7-15(24-2)14(21)8-12)13-9-16(25-3)20(27-5)17(10-13)26-4;;/h6-11H,21H2,1-5H3;2*1H. The number of nitrogens with zero attached hydrogens (tertiary/aromatic N) is 2. The summed E-state index contributed by atoms with van der Waals surface area (Å²) in [6.07, 6.45) is 1.76. The highest BCUT2D eigenvalue weighted by Gasteiger charge is 2.19. The van der Waals surface area contributed by atoms with E-state index >= 15 is 0 Å². The number of nitrogens with two attached hydrogens (primary N) is 1. The summed E-state index contributed by atoms with van der Waals surface area (Å²) in [4.78, 5) is 4.58. The third kappa shape index (κ3) is 4.46. The molecule has 2 N–H and O–H groups in total. The lowest BCUT2D eigenvalue weighted by molar-refractivity contribution is 0.324. The van der Waals surface area contributed by atoms with E-state index < -0.39 is 0 Å². The fourth-order valence-corrected chi connectivity index (χ4v) is 3.08. The van der Waals surface area contributed by atoms with E-state index in [1.54, 1.807) is 34.8 Å². The molecule has 7 nitrogen and oxygen atoms in total. The minimum Gasteiger partial charge on any atom is -0.495 e. The van der Waals surface area contributed by atoms with Crippen LogP contribution in [0.5, 0.6) is 23.0 Å². The molecule has 0 radical (unpaired) electrons. The molecular formula is C20H25Cl2N3O4. The van der Waals surface area contributed by atoms with Gasteiger partial charge in [0.1, 0.15) is 5.75 Å². The summed E-state index contributed by atoms with van der Waals surface area (Å²) >= 11 is 0. The molecule has 1 aromatic heterocycles. The highest BCUT2D eigenvalue weighted by molar-refractivity contribution is 5.85. The number of hydrogen-bond donors (Lipinski definition) is 1. The van der Waals surface area contributed by atoms with E-state index in [1.165, 1.54) is 0 Å². The molecule has 0 spiro atoms. The number of benzene rings is 2. The number of rotatable bonds is 6. The van der Waals surface area contributed by atoms with Crippen LogP contribution in [0.25, 0.3) is 22.5 Å². The van der Waals surface area contributed by atoms with Gasteiger partial charge in [-0.2, -0.15) is 0 Å². The van der Waals surface area contributed by atoms with Crippen LogP contribution in [-0.4, -0.2) is 38.0 Å². The van der Waals surface area contributed by atoms with Crippen molar-refractivity contribution in [2.24, 2.45) is 7.05 Å². The van der Waals surface area contributed by atoms with Crippen molar-refractivity contribution in [3.63, 3.8) is 0 Å².